The van der Waals surface area contributed by atoms with Gasteiger partial charge in [-0.05, 0) is 54.6 Å². The van der Waals surface area contributed by atoms with Crippen molar-refractivity contribution in [2.24, 2.45) is 0 Å². The molecule has 6 nitrogen and oxygen atoms in total. The van der Waals surface area contributed by atoms with Crippen LogP contribution in [0.3, 0.4) is 0 Å². The van der Waals surface area contributed by atoms with E-state index in [9.17, 15) is 17.6 Å². The van der Waals surface area contributed by atoms with Crippen molar-refractivity contribution < 1.29 is 22.3 Å². The van der Waals surface area contributed by atoms with Gasteiger partial charge in [0.05, 0.1) is 18.6 Å². The molecule has 0 spiro atoms. The molecule has 3 rings (SSSR count). The zero-order valence-corrected chi connectivity index (χ0v) is 19.1. The molecular weight excluding hydrogens is 455 g/mol. The SMILES string of the molecule is COc1ccc(N(C)C(=O)CN(Cc2ccccc2F)S(=O)(=O)c2ccc(Cl)cc2)cc1. The molecule has 1 amide bonds. The summed E-state index contributed by atoms with van der Waals surface area (Å²) in [6.07, 6.45) is 0. The maximum atomic E-state index is 14.3. The van der Waals surface area contributed by atoms with E-state index in [2.05, 4.69) is 0 Å². The number of rotatable bonds is 8. The summed E-state index contributed by atoms with van der Waals surface area (Å²) in [5.74, 6) is -0.412. The second-order valence-corrected chi connectivity index (χ2v) is 9.34. The molecule has 0 saturated carbocycles. The summed E-state index contributed by atoms with van der Waals surface area (Å²) in [6, 6.07) is 18.2. The predicted molar refractivity (Wildman–Crippen MR) is 122 cm³/mol. The zero-order chi connectivity index (χ0) is 23.3. The van der Waals surface area contributed by atoms with Crippen LogP contribution in [0.2, 0.25) is 5.02 Å². The summed E-state index contributed by atoms with van der Waals surface area (Å²) < 4.78 is 47.0. The Labute approximate surface area is 191 Å². The zero-order valence-electron chi connectivity index (χ0n) is 17.5. The fourth-order valence-electron chi connectivity index (χ4n) is 3.00. The third kappa shape index (κ3) is 5.45. The molecule has 0 N–H and O–H groups in total. The first kappa shape index (κ1) is 23.7. The first-order valence-corrected chi connectivity index (χ1v) is 11.4. The summed E-state index contributed by atoms with van der Waals surface area (Å²) in [6.45, 7) is -0.790. The number of likely N-dealkylation sites (N-methyl/N-ethyl adjacent to an activating group) is 1. The topological polar surface area (TPSA) is 66.9 Å². The molecule has 0 radical (unpaired) electrons. The van der Waals surface area contributed by atoms with E-state index >= 15 is 0 Å². The molecule has 0 bridgehead atoms. The van der Waals surface area contributed by atoms with Crippen LogP contribution in [-0.2, 0) is 21.4 Å². The van der Waals surface area contributed by atoms with Crippen molar-refractivity contribution in [2.75, 3.05) is 25.6 Å². The van der Waals surface area contributed by atoms with Crippen molar-refractivity contribution in [1.82, 2.24) is 4.31 Å². The number of benzene rings is 3. The molecule has 0 saturated heterocycles. The minimum atomic E-state index is -4.11. The number of sulfonamides is 1. The molecule has 9 heteroatoms. The van der Waals surface area contributed by atoms with Crippen LogP contribution in [-0.4, -0.2) is 39.3 Å². The van der Waals surface area contributed by atoms with Crippen LogP contribution < -0.4 is 9.64 Å². The Morgan fingerprint density at radius 3 is 2.22 bits per heavy atom. The maximum Gasteiger partial charge on any atom is 0.243 e. The number of ether oxygens (including phenoxy) is 1. The lowest BCUT2D eigenvalue weighted by Crippen LogP contribution is -2.41. The molecule has 3 aromatic rings. The number of methoxy groups -OCH3 is 1. The van der Waals surface area contributed by atoms with Gasteiger partial charge in [-0.1, -0.05) is 29.8 Å². The molecule has 3 aromatic carbocycles. The van der Waals surface area contributed by atoms with Gasteiger partial charge in [0.2, 0.25) is 15.9 Å². The second kappa shape index (κ2) is 10.1. The van der Waals surface area contributed by atoms with Crippen LogP contribution in [0, 0.1) is 5.82 Å². The Morgan fingerprint density at radius 1 is 1.00 bits per heavy atom. The number of nitrogens with zero attached hydrogens (tertiary/aromatic N) is 2. The molecule has 0 aliphatic heterocycles. The number of carbonyl (C=O) groups is 1. The molecule has 0 heterocycles. The first-order chi connectivity index (χ1) is 15.2. The number of hydrogen-bond donors (Lipinski definition) is 0. The molecule has 0 aromatic heterocycles. The highest BCUT2D eigenvalue weighted by Gasteiger charge is 2.29. The standard InChI is InChI=1S/C23H22ClFN2O4S/c1-26(19-9-11-20(31-2)12-10-19)23(28)16-27(15-17-5-3-4-6-22(17)25)32(29,30)21-13-7-18(24)8-14-21/h3-14H,15-16H2,1-2H3. The lowest BCUT2D eigenvalue weighted by atomic mass is 10.2. The molecule has 0 aliphatic rings. The van der Waals surface area contributed by atoms with E-state index in [1.165, 1.54) is 54.5 Å². The van der Waals surface area contributed by atoms with Crippen LogP contribution in [0.4, 0.5) is 10.1 Å². The summed E-state index contributed by atoms with van der Waals surface area (Å²) in [5.41, 5.74) is 0.718. The van der Waals surface area contributed by atoms with E-state index in [0.717, 1.165) is 4.31 Å². The minimum absolute atomic E-state index is 0.0434. The molecule has 0 unspecified atom stereocenters. The van der Waals surface area contributed by atoms with Gasteiger partial charge in [0.25, 0.3) is 0 Å². The Morgan fingerprint density at radius 2 is 1.62 bits per heavy atom. The largest absolute Gasteiger partial charge is 0.497 e. The summed E-state index contributed by atoms with van der Waals surface area (Å²) in [5, 5.41) is 0.375. The van der Waals surface area contributed by atoms with Gasteiger partial charge >= 0.3 is 0 Å². The van der Waals surface area contributed by atoms with E-state index < -0.39 is 28.3 Å². The second-order valence-electron chi connectivity index (χ2n) is 6.97. The van der Waals surface area contributed by atoms with Gasteiger partial charge in [0.15, 0.2) is 0 Å². The average molecular weight is 477 g/mol. The van der Waals surface area contributed by atoms with E-state index in [-0.39, 0.29) is 17.0 Å². The van der Waals surface area contributed by atoms with Crippen molar-refractivity contribution in [1.29, 1.82) is 0 Å². The highest BCUT2D eigenvalue weighted by molar-refractivity contribution is 7.89. The van der Waals surface area contributed by atoms with Gasteiger partial charge < -0.3 is 9.64 Å². The van der Waals surface area contributed by atoms with Gasteiger partial charge in [-0.15, -0.1) is 0 Å². The van der Waals surface area contributed by atoms with Crippen LogP contribution in [0.1, 0.15) is 5.56 Å². The van der Waals surface area contributed by atoms with Crippen LogP contribution >= 0.6 is 11.6 Å². The maximum absolute atomic E-state index is 14.3. The fraction of sp³-hybridized carbons (Fsp3) is 0.174. The third-order valence-corrected chi connectivity index (χ3v) is 6.96. The Balaban J connectivity index is 1.91. The minimum Gasteiger partial charge on any atom is -0.497 e. The van der Waals surface area contributed by atoms with E-state index in [1.807, 2.05) is 0 Å². The fourth-order valence-corrected chi connectivity index (χ4v) is 4.50. The van der Waals surface area contributed by atoms with Crippen molar-refractivity contribution in [3.63, 3.8) is 0 Å². The Bertz CT molecular complexity index is 1190. The molecule has 0 fully saturated rings. The van der Waals surface area contributed by atoms with Crippen molar-refractivity contribution >= 4 is 33.2 Å². The van der Waals surface area contributed by atoms with Crippen LogP contribution in [0.25, 0.3) is 0 Å². The Hall–Kier alpha value is -2.94. The number of amides is 1. The molecule has 0 aliphatic carbocycles. The lowest BCUT2D eigenvalue weighted by molar-refractivity contribution is -0.118. The summed E-state index contributed by atoms with van der Waals surface area (Å²) in [7, 11) is -1.04. The normalized spacial score (nSPS) is 11.4. The predicted octanol–water partition coefficient (Wildman–Crippen LogP) is 4.34. The van der Waals surface area contributed by atoms with Crippen molar-refractivity contribution in [3.05, 3.63) is 89.2 Å². The quantitative estimate of drug-likeness (QED) is 0.485. The number of anilines is 1. The number of hydrogen-bond acceptors (Lipinski definition) is 4. The van der Waals surface area contributed by atoms with Crippen molar-refractivity contribution in [3.8, 4) is 5.75 Å². The third-order valence-electron chi connectivity index (χ3n) is 4.90. The van der Waals surface area contributed by atoms with E-state index in [0.29, 0.717) is 16.5 Å². The first-order valence-electron chi connectivity index (χ1n) is 9.62. The number of halogens is 2. The van der Waals surface area contributed by atoms with Crippen molar-refractivity contribution in [2.45, 2.75) is 11.4 Å². The van der Waals surface area contributed by atoms with Crippen LogP contribution in [0.15, 0.2) is 77.7 Å². The molecule has 0 atom stereocenters. The van der Waals surface area contributed by atoms with Gasteiger partial charge in [0, 0.05) is 29.9 Å². The summed E-state index contributed by atoms with van der Waals surface area (Å²) in [4.78, 5) is 14.3. The highest BCUT2D eigenvalue weighted by atomic mass is 35.5. The molecular formula is C23H22ClFN2O4S. The van der Waals surface area contributed by atoms with Gasteiger partial charge in [-0.2, -0.15) is 4.31 Å². The van der Waals surface area contributed by atoms with Gasteiger partial charge in [0.1, 0.15) is 11.6 Å². The average Bonchev–Trinajstić information content (AvgIpc) is 2.79. The molecule has 32 heavy (non-hydrogen) atoms. The van der Waals surface area contributed by atoms with E-state index in [4.69, 9.17) is 16.3 Å². The Kier molecular flexibility index (Phi) is 7.50. The lowest BCUT2D eigenvalue weighted by Gasteiger charge is -2.25. The van der Waals surface area contributed by atoms with Crippen LogP contribution in [0.5, 0.6) is 5.75 Å². The molecule has 168 valence electrons. The summed E-state index contributed by atoms with van der Waals surface area (Å²) >= 11 is 5.88. The number of carbonyl (C=O) groups excluding carboxylic acids is 1. The smallest absolute Gasteiger partial charge is 0.243 e. The monoisotopic (exact) mass is 476 g/mol. The highest BCUT2D eigenvalue weighted by Crippen LogP contribution is 2.23. The van der Waals surface area contributed by atoms with E-state index in [1.54, 1.807) is 37.4 Å². The van der Waals surface area contributed by atoms with Gasteiger partial charge in [-0.25, -0.2) is 12.8 Å². The van der Waals surface area contributed by atoms with Gasteiger partial charge in [-0.3, -0.25) is 4.79 Å².